The van der Waals surface area contributed by atoms with Gasteiger partial charge in [0.15, 0.2) is 5.82 Å². The predicted octanol–water partition coefficient (Wildman–Crippen LogP) is 1.60. The zero-order chi connectivity index (χ0) is 14.4. The summed E-state index contributed by atoms with van der Waals surface area (Å²) in [7, 11) is 0. The highest BCUT2D eigenvalue weighted by Gasteiger charge is 2.15. The number of ether oxygens (including phenoxy) is 1. The van der Waals surface area contributed by atoms with Crippen LogP contribution in [0.2, 0.25) is 0 Å². The Labute approximate surface area is 117 Å². The molecule has 2 aromatic rings. The Hall–Kier alpha value is -1.92. The molecule has 0 unspecified atom stereocenters. The Bertz CT molecular complexity index is 525. The third-order valence-electron chi connectivity index (χ3n) is 2.87. The van der Waals surface area contributed by atoms with Crippen molar-refractivity contribution in [2.45, 2.75) is 25.8 Å². The average molecular weight is 277 g/mol. The highest BCUT2D eigenvalue weighted by molar-refractivity contribution is 5.26. The van der Waals surface area contributed by atoms with E-state index in [9.17, 15) is 5.11 Å². The molecular formula is C14H19N3O3. The molecule has 6 nitrogen and oxygen atoms in total. The van der Waals surface area contributed by atoms with Gasteiger partial charge < -0.3 is 20.1 Å². The highest BCUT2D eigenvalue weighted by Crippen LogP contribution is 2.17. The largest absolute Gasteiger partial charge is 0.508 e. The van der Waals surface area contributed by atoms with Crippen LogP contribution >= 0.6 is 0 Å². The third kappa shape index (κ3) is 4.04. The molecule has 2 rings (SSSR count). The Morgan fingerprint density at radius 2 is 2.10 bits per heavy atom. The first kappa shape index (κ1) is 14.5. The molecule has 0 aliphatic rings. The van der Waals surface area contributed by atoms with E-state index in [1.165, 1.54) is 0 Å². The Morgan fingerprint density at radius 1 is 1.35 bits per heavy atom. The second-order valence-electron chi connectivity index (χ2n) is 4.47. The van der Waals surface area contributed by atoms with Gasteiger partial charge in [0.05, 0.1) is 12.6 Å². The number of aromatic nitrogens is 2. The summed E-state index contributed by atoms with van der Waals surface area (Å²) in [5.74, 6) is 1.26. The van der Waals surface area contributed by atoms with Crippen molar-refractivity contribution in [1.29, 1.82) is 0 Å². The van der Waals surface area contributed by atoms with Crippen LogP contribution in [0.1, 0.15) is 30.2 Å². The SMILES string of the molecule is CCOCCc1noc([C@@H](N)Cc2ccc(O)cc2)n1. The van der Waals surface area contributed by atoms with E-state index in [0.29, 0.717) is 37.8 Å². The molecule has 0 spiro atoms. The summed E-state index contributed by atoms with van der Waals surface area (Å²) >= 11 is 0. The van der Waals surface area contributed by atoms with Gasteiger partial charge in [-0.2, -0.15) is 4.98 Å². The molecule has 1 atom stereocenters. The van der Waals surface area contributed by atoms with Gasteiger partial charge in [0.2, 0.25) is 5.89 Å². The molecule has 1 heterocycles. The number of nitrogens with two attached hydrogens (primary N) is 1. The quantitative estimate of drug-likeness (QED) is 0.746. The van der Waals surface area contributed by atoms with Gasteiger partial charge in [-0.15, -0.1) is 0 Å². The minimum Gasteiger partial charge on any atom is -0.508 e. The predicted molar refractivity (Wildman–Crippen MR) is 73.2 cm³/mol. The summed E-state index contributed by atoms with van der Waals surface area (Å²) < 4.78 is 10.4. The number of phenols is 1. The molecule has 20 heavy (non-hydrogen) atoms. The molecule has 0 bridgehead atoms. The lowest BCUT2D eigenvalue weighted by atomic mass is 10.1. The zero-order valence-corrected chi connectivity index (χ0v) is 11.5. The van der Waals surface area contributed by atoms with Crippen LogP contribution in [0.15, 0.2) is 28.8 Å². The summed E-state index contributed by atoms with van der Waals surface area (Å²) in [5.41, 5.74) is 7.05. The monoisotopic (exact) mass is 277 g/mol. The van der Waals surface area contributed by atoms with E-state index in [1.807, 2.05) is 19.1 Å². The smallest absolute Gasteiger partial charge is 0.243 e. The van der Waals surface area contributed by atoms with Crippen LogP contribution < -0.4 is 5.73 Å². The third-order valence-corrected chi connectivity index (χ3v) is 2.87. The maximum Gasteiger partial charge on any atom is 0.243 e. The van der Waals surface area contributed by atoms with E-state index in [1.54, 1.807) is 12.1 Å². The van der Waals surface area contributed by atoms with E-state index >= 15 is 0 Å². The van der Waals surface area contributed by atoms with Gasteiger partial charge in [0.25, 0.3) is 0 Å². The maximum atomic E-state index is 9.23. The maximum absolute atomic E-state index is 9.23. The van der Waals surface area contributed by atoms with Gasteiger partial charge in [-0.1, -0.05) is 17.3 Å². The number of rotatable bonds is 7. The van der Waals surface area contributed by atoms with Crippen molar-refractivity contribution < 1.29 is 14.4 Å². The zero-order valence-electron chi connectivity index (χ0n) is 11.5. The Morgan fingerprint density at radius 3 is 2.80 bits per heavy atom. The van der Waals surface area contributed by atoms with Gasteiger partial charge in [-0.05, 0) is 31.0 Å². The number of hydrogen-bond acceptors (Lipinski definition) is 6. The van der Waals surface area contributed by atoms with E-state index in [4.69, 9.17) is 15.0 Å². The molecule has 0 radical (unpaired) electrons. The molecule has 1 aromatic heterocycles. The van der Waals surface area contributed by atoms with Crippen molar-refractivity contribution in [3.05, 3.63) is 41.5 Å². The molecule has 0 saturated heterocycles. The van der Waals surface area contributed by atoms with Crippen LogP contribution in [0.25, 0.3) is 0 Å². The van der Waals surface area contributed by atoms with Crippen LogP contribution in [0, 0.1) is 0 Å². The van der Waals surface area contributed by atoms with E-state index in [-0.39, 0.29) is 11.8 Å². The lowest BCUT2D eigenvalue weighted by Gasteiger charge is -2.06. The molecule has 0 aliphatic heterocycles. The first-order valence-electron chi connectivity index (χ1n) is 6.62. The number of benzene rings is 1. The molecule has 108 valence electrons. The van der Waals surface area contributed by atoms with E-state index < -0.39 is 0 Å². The fourth-order valence-corrected chi connectivity index (χ4v) is 1.80. The topological polar surface area (TPSA) is 94.4 Å². The number of hydrogen-bond donors (Lipinski definition) is 2. The van der Waals surface area contributed by atoms with Crippen molar-refractivity contribution in [2.24, 2.45) is 5.73 Å². The fourth-order valence-electron chi connectivity index (χ4n) is 1.80. The van der Waals surface area contributed by atoms with Crippen molar-refractivity contribution in [3.8, 4) is 5.75 Å². The van der Waals surface area contributed by atoms with Crippen LogP contribution in [0.3, 0.4) is 0 Å². The summed E-state index contributed by atoms with van der Waals surface area (Å²) in [6.07, 6.45) is 1.19. The first-order chi connectivity index (χ1) is 9.69. The lowest BCUT2D eigenvalue weighted by molar-refractivity contribution is 0.149. The molecule has 0 amide bonds. The van der Waals surface area contributed by atoms with Gasteiger partial charge in [-0.25, -0.2) is 0 Å². The summed E-state index contributed by atoms with van der Waals surface area (Å²) in [4.78, 5) is 4.26. The molecule has 0 fully saturated rings. The van der Waals surface area contributed by atoms with Crippen LogP contribution in [-0.4, -0.2) is 28.5 Å². The lowest BCUT2D eigenvalue weighted by Crippen LogP contribution is -2.14. The van der Waals surface area contributed by atoms with Crippen molar-refractivity contribution in [3.63, 3.8) is 0 Å². The standard InChI is InChI=1S/C14H19N3O3/c1-2-19-8-7-13-16-14(20-17-13)12(15)9-10-3-5-11(18)6-4-10/h3-6,12,18H,2,7-9,15H2,1H3/t12-/m0/s1. The van der Waals surface area contributed by atoms with Crippen LogP contribution in [0.5, 0.6) is 5.75 Å². The minimum atomic E-state index is -0.354. The van der Waals surface area contributed by atoms with E-state index in [2.05, 4.69) is 10.1 Å². The summed E-state index contributed by atoms with van der Waals surface area (Å²) in [6.45, 7) is 3.18. The molecule has 3 N–H and O–H groups in total. The number of phenolic OH excluding ortho intramolecular Hbond substituents is 1. The van der Waals surface area contributed by atoms with Gasteiger partial charge >= 0.3 is 0 Å². The molecule has 0 saturated carbocycles. The second-order valence-corrected chi connectivity index (χ2v) is 4.47. The molecular weight excluding hydrogens is 258 g/mol. The van der Waals surface area contributed by atoms with Gasteiger partial charge in [0.1, 0.15) is 5.75 Å². The number of aromatic hydroxyl groups is 1. The molecule has 1 aromatic carbocycles. The first-order valence-corrected chi connectivity index (χ1v) is 6.62. The second kappa shape index (κ2) is 7.02. The molecule has 6 heteroatoms. The van der Waals surface area contributed by atoms with Crippen molar-refractivity contribution >= 4 is 0 Å². The Balaban J connectivity index is 1.91. The summed E-state index contributed by atoms with van der Waals surface area (Å²) in [6, 6.07) is 6.54. The fraction of sp³-hybridized carbons (Fsp3) is 0.429. The van der Waals surface area contributed by atoms with Crippen molar-refractivity contribution in [2.75, 3.05) is 13.2 Å². The summed E-state index contributed by atoms with van der Waals surface area (Å²) in [5, 5.41) is 13.1. The number of nitrogens with zero attached hydrogens (tertiary/aromatic N) is 2. The van der Waals surface area contributed by atoms with Crippen molar-refractivity contribution in [1.82, 2.24) is 10.1 Å². The average Bonchev–Trinajstić information content (AvgIpc) is 2.91. The van der Waals surface area contributed by atoms with Gasteiger partial charge in [0, 0.05) is 13.0 Å². The van der Waals surface area contributed by atoms with Crippen LogP contribution in [0.4, 0.5) is 0 Å². The van der Waals surface area contributed by atoms with Gasteiger partial charge in [-0.3, -0.25) is 0 Å². The Kier molecular flexibility index (Phi) is 5.09. The van der Waals surface area contributed by atoms with E-state index in [0.717, 1.165) is 5.56 Å². The normalized spacial score (nSPS) is 12.5. The molecule has 0 aliphatic carbocycles. The minimum absolute atomic E-state index is 0.235. The van der Waals surface area contributed by atoms with Crippen LogP contribution in [-0.2, 0) is 17.6 Å². The highest BCUT2D eigenvalue weighted by atomic mass is 16.5.